The van der Waals surface area contributed by atoms with Crippen LogP contribution in [0.1, 0.15) is 47.0 Å². The van der Waals surface area contributed by atoms with E-state index in [1.165, 1.54) is 0 Å². The van der Waals surface area contributed by atoms with Crippen molar-refractivity contribution < 1.29 is 5.11 Å². The number of piperidine rings is 1. The molecule has 0 atom stereocenters. The van der Waals surface area contributed by atoms with E-state index in [9.17, 15) is 5.11 Å². The molecule has 4 nitrogen and oxygen atoms in total. The maximum atomic E-state index is 9.23. The number of nitriles is 1. The Morgan fingerprint density at radius 1 is 1.32 bits per heavy atom. The van der Waals surface area contributed by atoms with Gasteiger partial charge in [0.1, 0.15) is 0 Å². The summed E-state index contributed by atoms with van der Waals surface area (Å²) in [6.45, 7) is 12.7. The Bertz CT molecular complexity index is 308. The maximum absolute atomic E-state index is 9.23. The summed E-state index contributed by atoms with van der Waals surface area (Å²) in [4.78, 5) is 4.80. The molecule has 0 spiro atoms. The van der Waals surface area contributed by atoms with Crippen LogP contribution in [0.2, 0.25) is 0 Å². The Morgan fingerprint density at radius 3 is 2.26 bits per heavy atom. The van der Waals surface area contributed by atoms with Crippen molar-refractivity contribution in [3.05, 3.63) is 0 Å². The first-order valence-corrected chi connectivity index (χ1v) is 7.37. The summed E-state index contributed by atoms with van der Waals surface area (Å²) < 4.78 is 0. The van der Waals surface area contributed by atoms with Gasteiger partial charge in [0, 0.05) is 30.7 Å². The minimum Gasteiger partial charge on any atom is -0.395 e. The largest absolute Gasteiger partial charge is 0.395 e. The van der Waals surface area contributed by atoms with Gasteiger partial charge in [0.05, 0.1) is 19.1 Å². The lowest BCUT2D eigenvalue weighted by molar-refractivity contribution is -0.00830. The number of rotatable bonds is 5. The minimum absolute atomic E-state index is 0.0337. The van der Waals surface area contributed by atoms with E-state index < -0.39 is 0 Å². The predicted molar refractivity (Wildman–Crippen MR) is 77.9 cm³/mol. The van der Waals surface area contributed by atoms with Gasteiger partial charge in [-0.15, -0.1) is 0 Å². The number of likely N-dealkylation sites (N-methyl/N-ethyl adjacent to an activating group) is 1. The Hall–Kier alpha value is -0.630. The van der Waals surface area contributed by atoms with Crippen LogP contribution in [0.3, 0.4) is 0 Å². The van der Waals surface area contributed by atoms with E-state index in [2.05, 4.69) is 43.6 Å². The van der Waals surface area contributed by atoms with Crippen LogP contribution < -0.4 is 0 Å². The third-order valence-corrected chi connectivity index (χ3v) is 4.47. The highest BCUT2D eigenvalue weighted by Gasteiger charge is 2.40. The zero-order chi connectivity index (χ0) is 14.5. The van der Waals surface area contributed by atoms with Gasteiger partial charge in [-0.1, -0.05) is 6.92 Å². The quantitative estimate of drug-likeness (QED) is 0.826. The van der Waals surface area contributed by atoms with E-state index in [1.807, 2.05) is 0 Å². The van der Waals surface area contributed by atoms with E-state index >= 15 is 0 Å². The molecule has 0 aromatic rings. The molecule has 0 unspecified atom stereocenters. The number of hydrogen-bond acceptors (Lipinski definition) is 4. The molecule has 1 saturated heterocycles. The van der Waals surface area contributed by atoms with Crippen molar-refractivity contribution in [1.29, 1.82) is 5.26 Å². The first-order valence-electron chi connectivity index (χ1n) is 7.37. The SMILES string of the molecule is CCN(CCO)C1(CC#N)CCN(C(C)(C)C)CC1. The summed E-state index contributed by atoms with van der Waals surface area (Å²) in [6.07, 6.45) is 2.61. The smallest absolute Gasteiger partial charge is 0.0641 e. The fraction of sp³-hybridized carbons (Fsp3) is 0.933. The first kappa shape index (κ1) is 16.4. The molecule has 110 valence electrons. The van der Waals surface area contributed by atoms with Crippen LogP contribution in [0.25, 0.3) is 0 Å². The average molecular weight is 267 g/mol. The van der Waals surface area contributed by atoms with Gasteiger partial charge >= 0.3 is 0 Å². The Kier molecular flexibility index (Phi) is 5.79. The molecule has 1 N–H and O–H groups in total. The van der Waals surface area contributed by atoms with Crippen LogP contribution >= 0.6 is 0 Å². The summed E-state index contributed by atoms with van der Waals surface area (Å²) in [5.41, 5.74) is 0.167. The van der Waals surface area contributed by atoms with Gasteiger partial charge < -0.3 is 5.11 Å². The lowest BCUT2D eigenvalue weighted by atomic mass is 9.81. The van der Waals surface area contributed by atoms with E-state index in [0.717, 1.165) is 32.5 Å². The second-order valence-electron chi connectivity index (χ2n) is 6.52. The van der Waals surface area contributed by atoms with Crippen molar-refractivity contribution >= 4 is 0 Å². The molecule has 1 aliphatic rings. The van der Waals surface area contributed by atoms with E-state index in [4.69, 9.17) is 5.26 Å². The van der Waals surface area contributed by atoms with Gasteiger partial charge in [0.2, 0.25) is 0 Å². The molecule has 0 saturated carbocycles. The zero-order valence-electron chi connectivity index (χ0n) is 12.9. The molecular formula is C15H29N3O. The average Bonchev–Trinajstić information content (AvgIpc) is 2.35. The standard InChI is InChI=1S/C15H29N3O/c1-5-17(12-13-19)15(6-9-16)7-10-18(11-8-15)14(2,3)4/h19H,5-8,10-13H2,1-4H3. The lowest BCUT2D eigenvalue weighted by Crippen LogP contribution is -2.58. The fourth-order valence-corrected chi connectivity index (χ4v) is 3.20. The number of hydrogen-bond donors (Lipinski definition) is 1. The number of aliphatic hydroxyl groups is 1. The van der Waals surface area contributed by atoms with Crippen LogP contribution in [-0.4, -0.2) is 58.8 Å². The molecule has 19 heavy (non-hydrogen) atoms. The van der Waals surface area contributed by atoms with Gasteiger partial charge in [-0.3, -0.25) is 9.80 Å². The van der Waals surface area contributed by atoms with Crippen LogP contribution in [0.5, 0.6) is 0 Å². The monoisotopic (exact) mass is 267 g/mol. The molecule has 0 amide bonds. The van der Waals surface area contributed by atoms with Crippen LogP contribution in [0.15, 0.2) is 0 Å². The Balaban J connectivity index is 2.79. The molecule has 0 aliphatic carbocycles. The topological polar surface area (TPSA) is 50.5 Å². The second-order valence-corrected chi connectivity index (χ2v) is 6.52. The number of β-amino-alcohol motifs (C(OH)–C–C–N with tert-alkyl or cyclic N) is 1. The Labute approximate surface area is 118 Å². The summed E-state index contributed by atoms with van der Waals surface area (Å²) in [6, 6.07) is 2.36. The molecule has 1 heterocycles. The summed E-state index contributed by atoms with van der Waals surface area (Å²) in [5.74, 6) is 0. The minimum atomic E-state index is -0.0337. The van der Waals surface area contributed by atoms with E-state index in [0.29, 0.717) is 13.0 Å². The van der Waals surface area contributed by atoms with Gasteiger partial charge in [-0.2, -0.15) is 5.26 Å². The third kappa shape index (κ3) is 3.92. The summed E-state index contributed by atoms with van der Waals surface area (Å²) in [7, 11) is 0. The van der Waals surface area contributed by atoms with Gasteiger partial charge in [-0.25, -0.2) is 0 Å². The van der Waals surface area contributed by atoms with Gasteiger partial charge in [-0.05, 0) is 40.2 Å². The second kappa shape index (κ2) is 6.69. The van der Waals surface area contributed by atoms with Gasteiger partial charge in [0.15, 0.2) is 0 Å². The van der Waals surface area contributed by atoms with Crippen molar-refractivity contribution in [2.75, 3.05) is 32.8 Å². The molecule has 0 aromatic carbocycles. The van der Waals surface area contributed by atoms with Gasteiger partial charge in [0.25, 0.3) is 0 Å². The van der Waals surface area contributed by atoms with Crippen molar-refractivity contribution in [2.45, 2.75) is 58.0 Å². The first-order chi connectivity index (χ1) is 8.89. The highest BCUT2D eigenvalue weighted by Crippen LogP contribution is 2.34. The van der Waals surface area contributed by atoms with Crippen LogP contribution in [0, 0.1) is 11.3 Å². The fourth-order valence-electron chi connectivity index (χ4n) is 3.20. The molecule has 4 heteroatoms. The highest BCUT2D eigenvalue weighted by molar-refractivity contribution is 5.02. The van der Waals surface area contributed by atoms with E-state index in [1.54, 1.807) is 0 Å². The number of nitrogens with zero attached hydrogens (tertiary/aromatic N) is 3. The maximum Gasteiger partial charge on any atom is 0.0641 e. The highest BCUT2D eigenvalue weighted by atomic mass is 16.3. The van der Waals surface area contributed by atoms with Crippen molar-refractivity contribution in [2.24, 2.45) is 0 Å². The normalized spacial score (nSPS) is 20.5. The predicted octanol–water partition coefficient (Wildman–Crippen LogP) is 1.85. The molecular weight excluding hydrogens is 238 g/mol. The molecule has 1 fully saturated rings. The number of likely N-dealkylation sites (tertiary alicyclic amines) is 1. The van der Waals surface area contributed by atoms with E-state index in [-0.39, 0.29) is 17.7 Å². The van der Waals surface area contributed by atoms with Crippen LogP contribution in [0.4, 0.5) is 0 Å². The zero-order valence-corrected chi connectivity index (χ0v) is 12.9. The van der Waals surface area contributed by atoms with Crippen molar-refractivity contribution in [3.8, 4) is 6.07 Å². The number of aliphatic hydroxyl groups excluding tert-OH is 1. The molecule has 1 aliphatic heterocycles. The van der Waals surface area contributed by atoms with Crippen molar-refractivity contribution in [1.82, 2.24) is 9.80 Å². The lowest BCUT2D eigenvalue weighted by Gasteiger charge is -2.50. The Morgan fingerprint density at radius 2 is 1.89 bits per heavy atom. The van der Waals surface area contributed by atoms with Crippen LogP contribution in [-0.2, 0) is 0 Å². The van der Waals surface area contributed by atoms with Crippen molar-refractivity contribution in [3.63, 3.8) is 0 Å². The molecule has 0 radical (unpaired) electrons. The molecule has 0 bridgehead atoms. The summed E-state index contributed by atoms with van der Waals surface area (Å²) in [5, 5.41) is 18.4. The summed E-state index contributed by atoms with van der Waals surface area (Å²) >= 11 is 0. The molecule has 1 rings (SSSR count). The third-order valence-electron chi connectivity index (χ3n) is 4.47. The molecule has 0 aromatic heterocycles.